The highest BCUT2D eigenvalue weighted by Gasteiger charge is 2.10. The van der Waals surface area contributed by atoms with Crippen molar-refractivity contribution in [1.82, 2.24) is 0 Å². The normalized spacial score (nSPS) is 12.3. The van der Waals surface area contributed by atoms with Gasteiger partial charge in [0.2, 0.25) is 0 Å². The Hall–Kier alpha value is -0.660. The van der Waals surface area contributed by atoms with Gasteiger partial charge in [-0.05, 0) is 6.42 Å². The Morgan fingerprint density at radius 1 is 0.576 bits per heavy atom. The molecule has 0 bridgehead atoms. The number of aliphatic hydroxyl groups is 1. The molecular weight excluding hydrogens is 436 g/mol. The highest BCUT2D eigenvalue weighted by molar-refractivity contribution is 4.65. The molecule has 33 heavy (non-hydrogen) atoms. The summed E-state index contributed by atoms with van der Waals surface area (Å²) in [6.45, 7) is 14.1. The van der Waals surface area contributed by atoms with Crippen molar-refractivity contribution < 1.29 is 47.7 Å². The van der Waals surface area contributed by atoms with E-state index in [2.05, 4.69) is 13.5 Å². The fraction of sp³-hybridized carbons (Fsp3) is 0.913. The van der Waals surface area contributed by atoms with E-state index >= 15 is 0 Å². The highest BCUT2D eigenvalue weighted by Crippen LogP contribution is 1.97. The molecule has 10 heteroatoms. The minimum atomic E-state index is -0.192. The number of hydrogen-bond donors (Lipinski definition) is 1. The summed E-state index contributed by atoms with van der Waals surface area (Å²) in [6, 6.07) is 0. The fourth-order valence-electron chi connectivity index (χ4n) is 2.33. The number of aliphatic hydroxyl groups excluding tert-OH is 1. The molecular formula is C23H46O10. The van der Waals surface area contributed by atoms with Crippen molar-refractivity contribution in [3.8, 4) is 0 Å². The van der Waals surface area contributed by atoms with Gasteiger partial charge in [0.05, 0.1) is 112 Å². The minimum Gasteiger partial charge on any atom is -0.394 e. The van der Waals surface area contributed by atoms with Gasteiger partial charge in [0.1, 0.15) is 6.10 Å². The first-order valence-electron chi connectivity index (χ1n) is 11.8. The van der Waals surface area contributed by atoms with E-state index in [9.17, 15) is 0 Å². The molecule has 0 heterocycles. The van der Waals surface area contributed by atoms with Crippen LogP contribution in [0.1, 0.15) is 13.3 Å². The Balaban J connectivity index is 3.59. The van der Waals surface area contributed by atoms with E-state index < -0.39 is 0 Å². The van der Waals surface area contributed by atoms with Gasteiger partial charge in [-0.1, -0.05) is 13.0 Å². The maximum absolute atomic E-state index is 8.58. The van der Waals surface area contributed by atoms with E-state index in [1.165, 1.54) is 0 Å². The lowest BCUT2D eigenvalue weighted by molar-refractivity contribution is -0.0797. The quantitative estimate of drug-likeness (QED) is 0.123. The summed E-state index contributed by atoms with van der Waals surface area (Å²) in [5, 5.41) is 8.58. The Morgan fingerprint density at radius 2 is 1.00 bits per heavy atom. The average Bonchev–Trinajstić information content (AvgIpc) is 2.82. The zero-order chi connectivity index (χ0) is 24.1. The zero-order valence-electron chi connectivity index (χ0n) is 20.4. The van der Waals surface area contributed by atoms with Crippen molar-refractivity contribution in [3.05, 3.63) is 12.7 Å². The molecule has 1 atom stereocenters. The first-order valence-corrected chi connectivity index (χ1v) is 11.8. The van der Waals surface area contributed by atoms with Crippen molar-refractivity contribution in [2.75, 3.05) is 119 Å². The maximum atomic E-state index is 8.58. The molecule has 0 saturated carbocycles. The van der Waals surface area contributed by atoms with Crippen LogP contribution in [0.5, 0.6) is 0 Å². The third kappa shape index (κ3) is 27.5. The summed E-state index contributed by atoms with van der Waals surface area (Å²) in [6.07, 6.45) is 2.52. The van der Waals surface area contributed by atoms with E-state index in [1.54, 1.807) is 6.08 Å². The molecule has 0 amide bonds. The van der Waals surface area contributed by atoms with Crippen molar-refractivity contribution in [2.45, 2.75) is 19.4 Å². The van der Waals surface area contributed by atoms with E-state index in [1.807, 2.05) is 0 Å². The van der Waals surface area contributed by atoms with Crippen LogP contribution in [0.3, 0.4) is 0 Å². The second kappa shape index (κ2) is 29.4. The van der Waals surface area contributed by atoms with Gasteiger partial charge in [-0.2, -0.15) is 0 Å². The van der Waals surface area contributed by atoms with E-state index in [0.717, 1.165) is 13.0 Å². The van der Waals surface area contributed by atoms with Gasteiger partial charge in [0, 0.05) is 6.61 Å². The molecule has 0 aliphatic heterocycles. The molecule has 0 aromatic heterocycles. The number of hydrogen-bond acceptors (Lipinski definition) is 10. The molecule has 198 valence electrons. The second-order valence-electron chi connectivity index (χ2n) is 6.79. The van der Waals surface area contributed by atoms with Crippen molar-refractivity contribution in [3.63, 3.8) is 0 Å². The molecule has 1 unspecified atom stereocenters. The molecule has 0 saturated heterocycles. The molecule has 0 radical (unpaired) electrons. The van der Waals surface area contributed by atoms with Gasteiger partial charge < -0.3 is 47.7 Å². The predicted molar refractivity (Wildman–Crippen MR) is 124 cm³/mol. The minimum absolute atomic E-state index is 0.0222. The first-order chi connectivity index (χ1) is 16.3. The van der Waals surface area contributed by atoms with Crippen molar-refractivity contribution in [2.24, 2.45) is 0 Å². The summed E-state index contributed by atoms with van der Waals surface area (Å²) < 4.78 is 49.1. The van der Waals surface area contributed by atoms with Crippen LogP contribution in [-0.2, 0) is 42.6 Å². The summed E-state index contributed by atoms with van der Waals surface area (Å²) in [5.41, 5.74) is 0. The van der Waals surface area contributed by atoms with Crippen LogP contribution in [0.25, 0.3) is 0 Å². The molecule has 0 rings (SSSR count). The lowest BCUT2D eigenvalue weighted by atomic mass is 10.4. The largest absolute Gasteiger partial charge is 0.394 e. The smallest absolute Gasteiger partial charge is 0.104 e. The molecule has 0 aromatic carbocycles. The summed E-state index contributed by atoms with van der Waals surface area (Å²) >= 11 is 0. The Kier molecular flexibility index (Phi) is 28.8. The number of ether oxygens (including phenoxy) is 9. The lowest BCUT2D eigenvalue weighted by Gasteiger charge is -2.18. The fourth-order valence-corrected chi connectivity index (χ4v) is 2.33. The highest BCUT2D eigenvalue weighted by atomic mass is 16.6. The van der Waals surface area contributed by atoms with Crippen molar-refractivity contribution >= 4 is 0 Å². The Bertz CT molecular complexity index is 373. The molecule has 0 aromatic rings. The van der Waals surface area contributed by atoms with Gasteiger partial charge in [0.15, 0.2) is 0 Å². The number of rotatable bonds is 29. The van der Waals surface area contributed by atoms with Gasteiger partial charge in [-0.3, -0.25) is 0 Å². The maximum Gasteiger partial charge on any atom is 0.104 e. The van der Waals surface area contributed by atoms with Gasteiger partial charge in [0.25, 0.3) is 0 Å². The SMILES string of the molecule is C=CCOCC(COCCOCCOCCOCCO)OCCOCCOCCOCCC. The Labute approximate surface area is 199 Å². The molecule has 1 N–H and O–H groups in total. The standard InChI is InChI=1S/C23H46O10/c1-3-6-25-9-11-27-15-16-30-19-20-33-23(21-31-7-4-2)22-32-18-17-29-14-13-28-12-10-26-8-5-24/h4,23-24H,2-3,5-22H2,1H3. The van der Waals surface area contributed by atoms with Gasteiger partial charge in [-0.25, -0.2) is 0 Å². The van der Waals surface area contributed by atoms with E-state index in [0.29, 0.717) is 106 Å². The summed E-state index contributed by atoms with van der Waals surface area (Å²) in [5.74, 6) is 0. The predicted octanol–water partition coefficient (Wildman–Crippen LogP) is 1.09. The average molecular weight is 483 g/mol. The van der Waals surface area contributed by atoms with Crippen LogP contribution in [0.15, 0.2) is 12.7 Å². The second-order valence-corrected chi connectivity index (χ2v) is 6.79. The van der Waals surface area contributed by atoms with Gasteiger partial charge in [-0.15, -0.1) is 6.58 Å². The Morgan fingerprint density at radius 3 is 1.48 bits per heavy atom. The molecule has 0 fully saturated rings. The third-order valence-electron chi connectivity index (χ3n) is 3.87. The lowest BCUT2D eigenvalue weighted by Crippen LogP contribution is -2.28. The molecule has 0 aliphatic carbocycles. The van der Waals surface area contributed by atoms with E-state index in [4.69, 9.17) is 47.7 Å². The van der Waals surface area contributed by atoms with E-state index in [-0.39, 0.29) is 12.7 Å². The first kappa shape index (κ1) is 32.3. The summed E-state index contributed by atoms with van der Waals surface area (Å²) in [4.78, 5) is 0. The molecule has 0 aliphatic rings. The van der Waals surface area contributed by atoms with Gasteiger partial charge >= 0.3 is 0 Å². The zero-order valence-corrected chi connectivity index (χ0v) is 20.4. The van der Waals surface area contributed by atoms with Crippen LogP contribution in [-0.4, -0.2) is 130 Å². The van der Waals surface area contributed by atoms with Crippen molar-refractivity contribution in [1.29, 1.82) is 0 Å². The topological polar surface area (TPSA) is 103 Å². The molecule has 0 spiro atoms. The van der Waals surface area contributed by atoms with Crippen LogP contribution in [0.2, 0.25) is 0 Å². The molecule has 10 nitrogen and oxygen atoms in total. The monoisotopic (exact) mass is 482 g/mol. The van der Waals surface area contributed by atoms with Crippen LogP contribution >= 0.6 is 0 Å². The van der Waals surface area contributed by atoms with Crippen LogP contribution in [0, 0.1) is 0 Å². The third-order valence-corrected chi connectivity index (χ3v) is 3.87. The summed E-state index contributed by atoms with van der Waals surface area (Å²) in [7, 11) is 0. The van der Waals surface area contributed by atoms with Crippen LogP contribution in [0.4, 0.5) is 0 Å². The van der Waals surface area contributed by atoms with Crippen LogP contribution < -0.4 is 0 Å².